The Morgan fingerprint density at radius 3 is 2.76 bits per heavy atom. The summed E-state index contributed by atoms with van der Waals surface area (Å²) in [6, 6.07) is 0.627. The Labute approximate surface area is 110 Å². The molecule has 1 aliphatic heterocycles. The molecule has 1 N–H and O–H groups in total. The lowest BCUT2D eigenvalue weighted by molar-refractivity contribution is 0.409. The fraction of sp³-hybridized carbons (Fsp3) is 1.00. The number of thioether (sulfide) groups is 1. The van der Waals surface area contributed by atoms with E-state index in [1.807, 2.05) is 18.7 Å². The van der Waals surface area contributed by atoms with Crippen molar-refractivity contribution >= 4 is 21.8 Å². The van der Waals surface area contributed by atoms with Gasteiger partial charge in [0.25, 0.3) is 0 Å². The van der Waals surface area contributed by atoms with Crippen molar-refractivity contribution in [1.29, 1.82) is 0 Å². The molecule has 17 heavy (non-hydrogen) atoms. The second-order valence-corrected chi connectivity index (χ2v) is 7.61. The van der Waals surface area contributed by atoms with E-state index in [-0.39, 0.29) is 0 Å². The standard InChI is InChI=1S/C11H24N2O2S2/c1-3-13(17(2,14)15)8-5-7-12-11-6-4-9-16-10-11/h11-12H,3-10H2,1-2H3. The Kier molecular flexibility index (Phi) is 6.84. The maximum absolute atomic E-state index is 11.4. The van der Waals surface area contributed by atoms with E-state index in [1.54, 1.807) is 0 Å². The fourth-order valence-electron chi connectivity index (χ4n) is 2.02. The first-order valence-corrected chi connectivity index (χ1v) is 9.30. The molecule has 0 aliphatic carbocycles. The monoisotopic (exact) mass is 280 g/mol. The van der Waals surface area contributed by atoms with Crippen LogP contribution in [0.15, 0.2) is 0 Å². The van der Waals surface area contributed by atoms with Gasteiger partial charge in [-0.25, -0.2) is 12.7 Å². The minimum absolute atomic E-state index is 0.568. The number of hydrogen-bond donors (Lipinski definition) is 1. The minimum Gasteiger partial charge on any atom is -0.313 e. The topological polar surface area (TPSA) is 49.4 Å². The third kappa shape index (κ3) is 6.08. The molecule has 0 bridgehead atoms. The summed E-state index contributed by atoms with van der Waals surface area (Å²) in [7, 11) is -3.02. The molecule has 0 aromatic heterocycles. The zero-order chi connectivity index (χ0) is 12.7. The van der Waals surface area contributed by atoms with Gasteiger partial charge in [-0.05, 0) is 31.6 Å². The third-order valence-corrected chi connectivity index (χ3v) is 5.59. The molecular formula is C11H24N2O2S2. The largest absolute Gasteiger partial charge is 0.313 e. The fourth-order valence-corrected chi connectivity index (χ4v) is 4.06. The van der Waals surface area contributed by atoms with Gasteiger partial charge in [0.15, 0.2) is 0 Å². The van der Waals surface area contributed by atoms with E-state index in [4.69, 9.17) is 0 Å². The molecule has 1 unspecified atom stereocenters. The maximum Gasteiger partial charge on any atom is 0.211 e. The van der Waals surface area contributed by atoms with Crippen LogP contribution in [-0.4, -0.2) is 56.2 Å². The lowest BCUT2D eigenvalue weighted by Crippen LogP contribution is -2.37. The lowest BCUT2D eigenvalue weighted by Gasteiger charge is -2.23. The molecule has 0 aromatic carbocycles. The summed E-state index contributed by atoms with van der Waals surface area (Å²) in [6.45, 7) is 3.99. The van der Waals surface area contributed by atoms with Crippen LogP contribution < -0.4 is 5.32 Å². The molecule has 6 heteroatoms. The molecule has 1 heterocycles. The Balaban J connectivity index is 2.14. The summed E-state index contributed by atoms with van der Waals surface area (Å²) < 4.78 is 24.3. The number of hydrogen-bond acceptors (Lipinski definition) is 4. The summed E-state index contributed by atoms with van der Waals surface area (Å²) in [5.74, 6) is 2.49. The van der Waals surface area contributed by atoms with E-state index in [9.17, 15) is 8.42 Å². The molecule has 0 spiro atoms. The maximum atomic E-state index is 11.4. The second-order valence-electron chi connectivity index (χ2n) is 4.48. The normalized spacial score (nSPS) is 21.9. The zero-order valence-electron chi connectivity index (χ0n) is 10.8. The van der Waals surface area contributed by atoms with Gasteiger partial charge in [0.2, 0.25) is 10.0 Å². The predicted molar refractivity (Wildman–Crippen MR) is 75.1 cm³/mol. The third-order valence-electron chi connectivity index (χ3n) is 3.00. The Bertz CT molecular complexity index is 301. The molecule has 0 amide bonds. The molecule has 0 radical (unpaired) electrons. The molecule has 1 aliphatic rings. The van der Waals surface area contributed by atoms with Crippen molar-refractivity contribution in [2.75, 3.05) is 37.4 Å². The van der Waals surface area contributed by atoms with Crippen LogP contribution in [0.1, 0.15) is 26.2 Å². The van der Waals surface area contributed by atoms with Crippen molar-refractivity contribution in [2.24, 2.45) is 0 Å². The van der Waals surface area contributed by atoms with Crippen molar-refractivity contribution in [3.63, 3.8) is 0 Å². The highest BCUT2D eigenvalue weighted by atomic mass is 32.2. The van der Waals surface area contributed by atoms with Crippen LogP contribution in [0.3, 0.4) is 0 Å². The average molecular weight is 280 g/mol. The predicted octanol–water partition coefficient (Wildman–Crippen LogP) is 1.14. The van der Waals surface area contributed by atoms with Gasteiger partial charge in [0.1, 0.15) is 0 Å². The summed E-state index contributed by atoms with van der Waals surface area (Å²) in [5, 5.41) is 3.51. The van der Waals surface area contributed by atoms with E-state index in [2.05, 4.69) is 5.32 Å². The van der Waals surface area contributed by atoms with Crippen LogP contribution in [0.4, 0.5) is 0 Å². The number of rotatable bonds is 7. The van der Waals surface area contributed by atoms with Crippen molar-refractivity contribution in [1.82, 2.24) is 9.62 Å². The zero-order valence-corrected chi connectivity index (χ0v) is 12.4. The van der Waals surface area contributed by atoms with Crippen molar-refractivity contribution in [3.05, 3.63) is 0 Å². The Morgan fingerprint density at radius 1 is 1.47 bits per heavy atom. The summed E-state index contributed by atoms with van der Waals surface area (Å²) in [5.41, 5.74) is 0. The highest BCUT2D eigenvalue weighted by Crippen LogP contribution is 2.16. The lowest BCUT2D eigenvalue weighted by atomic mass is 10.2. The van der Waals surface area contributed by atoms with E-state index in [1.165, 1.54) is 34.9 Å². The molecule has 1 atom stereocenters. The van der Waals surface area contributed by atoms with E-state index < -0.39 is 10.0 Å². The first-order valence-electron chi connectivity index (χ1n) is 6.30. The Morgan fingerprint density at radius 2 is 2.24 bits per heavy atom. The van der Waals surface area contributed by atoms with Gasteiger partial charge in [0, 0.05) is 24.9 Å². The number of nitrogens with zero attached hydrogens (tertiary/aromatic N) is 1. The van der Waals surface area contributed by atoms with Crippen molar-refractivity contribution < 1.29 is 8.42 Å². The van der Waals surface area contributed by atoms with Gasteiger partial charge in [-0.15, -0.1) is 0 Å². The number of nitrogens with one attached hydrogen (secondary N) is 1. The van der Waals surface area contributed by atoms with Crippen LogP contribution >= 0.6 is 11.8 Å². The molecule has 102 valence electrons. The molecule has 0 saturated carbocycles. The van der Waals surface area contributed by atoms with Crippen LogP contribution in [0.25, 0.3) is 0 Å². The van der Waals surface area contributed by atoms with Crippen LogP contribution in [0, 0.1) is 0 Å². The molecule has 1 saturated heterocycles. The van der Waals surface area contributed by atoms with E-state index >= 15 is 0 Å². The molecule has 1 rings (SSSR count). The highest BCUT2D eigenvalue weighted by Gasteiger charge is 2.15. The summed E-state index contributed by atoms with van der Waals surface area (Å²) in [4.78, 5) is 0. The second kappa shape index (κ2) is 7.61. The Hall–Kier alpha value is 0.220. The molecule has 1 fully saturated rings. The van der Waals surface area contributed by atoms with Gasteiger partial charge in [-0.3, -0.25) is 0 Å². The first-order chi connectivity index (χ1) is 8.04. The molecule has 0 aromatic rings. The van der Waals surface area contributed by atoms with Crippen LogP contribution in [0.2, 0.25) is 0 Å². The number of sulfonamides is 1. The van der Waals surface area contributed by atoms with Crippen LogP contribution in [-0.2, 0) is 10.0 Å². The van der Waals surface area contributed by atoms with Gasteiger partial charge in [-0.2, -0.15) is 11.8 Å². The summed E-state index contributed by atoms with van der Waals surface area (Å²) in [6.07, 6.45) is 4.73. The van der Waals surface area contributed by atoms with Gasteiger partial charge >= 0.3 is 0 Å². The van der Waals surface area contributed by atoms with E-state index in [0.29, 0.717) is 19.1 Å². The smallest absolute Gasteiger partial charge is 0.211 e. The van der Waals surface area contributed by atoms with E-state index in [0.717, 1.165) is 13.0 Å². The quantitative estimate of drug-likeness (QED) is 0.711. The molecule has 4 nitrogen and oxygen atoms in total. The SMILES string of the molecule is CCN(CCCNC1CCCSC1)S(C)(=O)=O. The van der Waals surface area contributed by atoms with Gasteiger partial charge in [-0.1, -0.05) is 6.92 Å². The first kappa shape index (κ1) is 15.3. The average Bonchev–Trinajstić information content (AvgIpc) is 2.28. The van der Waals surface area contributed by atoms with Gasteiger partial charge < -0.3 is 5.32 Å². The summed E-state index contributed by atoms with van der Waals surface area (Å²) >= 11 is 2.01. The minimum atomic E-state index is -3.02. The van der Waals surface area contributed by atoms with Gasteiger partial charge in [0.05, 0.1) is 6.26 Å². The van der Waals surface area contributed by atoms with Crippen LogP contribution in [0.5, 0.6) is 0 Å². The highest BCUT2D eigenvalue weighted by molar-refractivity contribution is 7.99. The van der Waals surface area contributed by atoms with Crippen molar-refractivity contribution in [3.8, 4) is 0 Å². The molecular weight excluding hydrogens is 256 g/mol. The van der Waals surface area contributed by atoms with Crippen molar-refractivity contribution in [2.45, 2.75) is 32.2 Å².